The van der Waals surface area contributed by atoms with Crippen LogP contribution in [-0.2, 0) is 6.42 Å². The molecular formula is C18H19N3O3S. The highest BCUT2D eigenvalue weighted by molar-refractivity contribution is 8.01. The zero-order chi connectivity index (χ0) is 16.7. The van der Waals surface area contributed by atoms with Crippen molar-refractivity contribution in [3.63, 3.8) is 0 Å². The van der Waals surface area contributed by atoms with E-state index in [0.717, 1.165) is 36.9 Å². The summed E-state index contributed by atoms with van der Waals surface area (Å²) >= 11 is 1.52. The number of thioether (sulfide) groups is 1. The second-order valence-corrected chi connectivity index (χ2v) is 9.96. The zero-order valence-electron chi connectivity index (χ0n) is 13.6. The summed E-state index contributed by atoms with van der Waals surface area (Å²) in [5.74, 6) is 0.0489. The number of carbonyl (C=O) groups excluding carboxylic acids is 1. The zero-order valence-corrected chi connectivity index (χ0v) is 14.4. The monoisotopic (exact) mass is 357 g/mol. The van der Waals surface area contributed by atoms with Crippen LogP contribution in [0.4, 0.5) is 0 Å². The molecule has 2 aliphatic carbocycles. The van der Waals surface area contributed by atoms with Crippen LogP contribution in [0.25, 0.3) is 0 Å². The van der Waals surface area contributed by atoms with Crippen molar-refractivity contribution < 1.29 is 15.0 Å². The molecule has 0 radical (unpaired) electrons. The lowest BCUT2D eigenvalue weighted by Crippen LogP contribution is -2.67. The summed E-state index contributed by atoms with van der Waals surface area (Å²) in [6.45, 7) is 0.896. The van der Waals surface area contributed by atoms with E-state index in [9.17, 15) is 15.0 Å². The third kappa shape index (κ3) is 1.27. The van der Waals surface area contributed by atoms with Crippen LogP contribution in [0.5, 0.6) is 0 Å². The Hall–Kier alpha value is -1.28. The fourth-order valence-corrected chi connectivity index (χ4v) is 8.48. The maximum atomic E-state index is 13.2. The SMILES string of the molecule is O=C1C2=C3C4c5c(c[nH]c51)CCN4[C@H]1C[C@@]34C[C@@H](N2)S[C@@]4(O)C[C@H]1O. The first-order chi connectivity index (χ1) is 12.0. The molecule has 4 N–H and O–H groups in total. The summed E-state index contributed by atoms with van der Waals surface area (Å²) in [6, 6.07) is 0.0851. The highest BCUT2D eigenvalue weighted by atomic mass is 32.2. The lowest BCUT2D eigenvalue weighted by Gasteiger charge is -2.63. The molecule has 0 amide bonds. The van der Waals surface area contributed by atoms with Crippen LogP contribution in [-0.4, -0.2) is 54.9 Å². The number of nitrogens with zero attached hydrogens (tertiary/aromatic N) is 1. The van der Waals surface area contributed by atoms with E-state index in [4.69, 9.17) is 0 Å². The fourth-order valence-electron chi connectivity index (χ4n) is 6.70. The average Bonchev–Trinajstić information content (AvgIpc) is 3.09. The Balaban J connectivity index is 1.59. The standard InChI is InChI=1S/C18H19N3O3S/c22-9-4-18(24)17-3-8(9)21-2-1-7-6-19-13-11(7)15(21)12(17)14(16(13)23)20-10(5-17)25-18/h6,8-10,15,19-20,22,24H,1-5H2/t8-,9+,10-,15?,17+,18-/m0/s1. The van der Waals surface area contributed by atoms with Gasteiger partial charge in [0.25, 0.3) is 0 Å². The van der Waals surface area contributed by atoms with E-state index >= 15 is 0 Å². The van der Waals surface area contributed by atoms with Gasteiger partial charge >= 0.3 is 0 Å². The smallest absolute Gasteiger partial charge is 0.225 e. The number of nitrogens with one attached hydrogen (secondary N) is 2. The highest BCUT2D eigenvalue weighted by Gasteiger charge is 2.72. The van der Waals surface area contributed by atoms with E-state index in [2.05, 4.69) is 15.2 Å². The second kappa shape index (κ2) is 3.86. The van der Waals surface area contributed by atoms with Gasteiger partial charge in [0.2, 0.25) is 5.78 Å². The molecule has 5 heterocycles. The third-order valence-corrected chi connectivity index (χ3v) is 9.12. The molecule has 4 aliphatic heterocycles. The van der Waals surface area contributed by atoms with Gasteiger partial charge in [-0.25, -0.2) is 0 Å². The fraction of sp³-hybridized carbons (Fsp3) is 0.611. The Labute approximate surface area is 148 Å². The molecule has 6 atom stereocenters. The quantitative estimate of drug-likeness (QED) is 0.545. The Morgan fingerprint density at radius 3 is 3.08 bits per heavy atom. The van der Waals surface area contributed by atoms with Crippen molar-refractivity contribution in [2.75, 3.05) is 6.54 Å². The molecule has 1 spiro atoms. The van der Waals surface area contributed by atoms with Crippen molar-refractivity contribution in [2.24, 2.45) is 5.41 Å². The number of aliphatic hydroxyl groups excluding tert-OH is 1. The second-order valence-electron chi connectivity index (χ2n) is 8.48. The summed E-state index contributed by atoms with van der Waals surface area (Å²) in [7, 11) is 0. The Morgan fingerprint density at radius 2 is 2.20 bits per heavy atom. The van der Waals surface area contributed by atoms with Gasteiger partial charge < -0.3 is 20.5 Å². The molecule has 130 valence electrons. The van der Waals surface area contributed by atoms with Gasteiger partial charge in [-0.1, -0.05) is 0 Å². The number of hydrogen-bond donors (Lipinski definition) is 4. The van der Waals surface area contributed by atoms with Gasteiger partial charge in [-0.2, -0.15) is 0 Å². The topological polar surface area (TPSA) is 88.6 Å². The van der Waals surface area contributed by atoms with E-state index in [-0.39, 0.29) is 28.7 Å². The molecule has 25 heavy (non-hydrogen) atoms. The van der Waals surface area contributed by atoms with Crippen LogP contribution in [0.1, 0.15) is 46.9 Å². The molecule has 7 rings (SSSR count). The first-order valence-electron chi connectivity index (χ1n) is 9.12. The van der Waals surface area contributed by atoms with Gasteiger partial charge in [0.05, 0.1) is 28.9 Å². The molecule has 1 unspecified atom stereocenters. The van der Waals surface area contributed by atoms with Crippen LogP contribution < -0.4 is 5.32 Å². The largest absolute Gasteiger partial charge is 0.391 e. The van der Waals surface area contributed by atoms with Crippen molar-refractivity contribution in [3.05, 3.63) is 34.3 Å². The Bertz CT molecular complexity index is 909. The molecule has 6 nitrogen and oxygen atoms in total. The third-order valence-electron chi connectivity index (χ3n) is 7.60. The molecule has 1 saturated carbocycles. The van der Waals surface area contributed by atoms with Crippen molar-refractivity contribution in [1.82, 2.24) is 15.2 Å². The number of aromatic nitrogens is 1. The Kier molecular flexibility index (Phi) is 2.14. The van der Waals surface area contributed by atoms with Gasteiger partial charge in [0.1, 0.15) is 4.93 Å². The van der Waals surface area contributed by atoms with Crippen molar-refractivity contribution in [3.8, 4) is 0 Å². The van der Waals surface area contributed by atoms with Crippen LogP contribution in [0, 0.1) is 5.41 Å². The van der Waals surface area contributed by atoms with Crippen LogP contribution in [0.3, 0.4) is 0 Å². The molecule has 7 heteroatoms. The minimum Gasteiger partial charge on any atom is -0.391 e. The summed E-state index contributed by atoms with van der Waals surface area (Å²) in [6.07, 6.45) is 4.37. The predicted octanol–water partition coefficient (Wildman–Crippen LogP) is 0.642. The number of aliphatic hydroxyl groups is 2. The molecule has 0 aromatic carbocycles. The highest BCUT2D eigenvalue weighted by Crippen LogP contribution is 2.72. The normalized spacial score (nSPS) is 48.6. The number of ketones is 1. The van der Waals surface area contributed by atoms with Crippen LogP contribution in [0.15, 0.2) is 17.5 Å². The van der Waals surface area contributed by atoms with Gasteiger partial charge in [-0.3, -0.25) is 9.69 Å². The summed E-state index contributed by atoms with van der Waals surface area (Å²) < 4.78 is 0. The average molecular weight is 357 g/mol. The predicted molar refractivity (Wildman–Crippen MR) is 90.8 cm³/mol. The Morgan fingerprint density at radius 1 is 1.32 bits per heavy atom. The molecular weight excluding hydrogens is 338 g/mol. The summed E-state index contributed by atoms with van der Waals surface area (Å²) in [5, 5.41) is 25.9. The van der Waals surface area contributed by atoms with Gasteiger partial charge in [-0.05, 0) is 30.4 Å². The molecule has 3 fully saturated rings. The van der Waals surface area contributed by atoms with Gasteiger partial charge in [0.15, 0.2) is 0 Å². The van der Waals surface area contributed by atoms with E-state index in [1.54, 1.807) is 0 Å². The summed E-state index contributed by atoms with van der Waals surface area (Å²) in [5.41, 5.74) is 4.47. The van der Waals surface area contributed by atoms with E-state index < -0.39 is 11.0 Å². The molecule has 1 aromatic heterocycles. The van der Waals surface area contributed by atoms with Crippen molar-refractivity contribution in [1.29, 1.82) is 0 Å². The van der Waals surface area contributed by atoms with Crippen molar-refractivity contribution in [2.45, 2.75) is 54.2 Å². The number of H-pyrrole nitrogens is 1. The maximum absolute atomic E-state index is 13.2. The number of fused-ring (bicyclic) bond motifs is 3. The molecule has 3 bridgehead atoms. The number of rotatable bonds is 0. The van der Waals surface area contributed by atoms with E-state index in [0.29, 0.717) is 17.8 Å². The summed E-state index contributed by atoms with van der Waals surface area (Å²) in [4.78, 5) is 17.9. The van der Waals surface area contributed by atoms with Crippen LogP contribution >= 0.6 is 11.8 Å². The molecule has 1 aromatic rings. The first kappa shape index (κ1) is 13.9. The number of Topliss-reactive ketones (excluding diaryl/α,β-unsaturated/α-hetero) is 1. The molecule has 6 aliphatic rings. The minimum absolute atomic E-state index is 0.0186. The van der Waals surface area contributed by atoms with E-state index in [1.165, 1.54) is 17.3 Å². The number of piperidine rings is 1. The number of carbonyl (C=O) groups is 1. The lowest BCUT2D eigenvalue weighted by atomic mass is 9.54. The number of allylic oxidation sites excluding steroid dienone is 1. The number of aromatic amines is 1. The van der Waals surface area contributed by atoms with E-state index in [1.807, 2.05) is 6.20 Å². The van der Waals surface area contributed by atoms with Gasteiger partial charge in [-0.15, -0.1) is 11.8 Å². The molecule has 2 saturated heterocycles. The number of hydrogen-bond acceptors (Lipinski definition) is 6. The first-order valence-corrected chi connectivity index (χ1v) is 10.0. The van der Waals surface area contributed by atoms with Crippen molar-refractivity contribution >= 4 is 17.5 Å². The van der Waals surface area contributed by atoms with Gasteiger partial charge in [0, 0.05) is 36.2 Å². The lowest BCUT2D eigenvalue weighted by molar-refractivity contribution is -0.139. The maximum Gasteiger partial charge on any atom is 0.225 e. The minimum atomic E-state index is -0.977. The van der Waals surface area contributed by atoms with Crippen LogP contribution in [0.2, 0.25) is 0 Å².